The van der Waals surface area contributed by atoms with Crippen molar-refractivity contribution >= 4 is 5.97 Å². The van der Waals surface area contributed by atoms with E-state index in [1.165, 1.54) is 12.1 Å². The van der Waals surface area contributed by atoms with Crippen LogP contribution >= 0.6 is 0 Å². The lowest BCUT2D eigenvalue weighted by Crippen LogP contribution is -2.31. The van der Waals surface area contributed by atoms with Crippen molar-refractivity contribution in [3.8, 4) is 0 Å². The van der Waals surface area contributed by atoms with Crippen LogP contribution in [0.1, 0.15) is 25.0 Å². The number of hydrogen-bond donors (Lipinski definition) is 3. The highest BCUT2D eigenvalue weighted by atomic mass is 16.5. The molecule has 0 bridgehead atoms. The molecule has 0 radical (unpaired) electrons. The van der Waals surface area contributed by atoms with Crippen LogP contribution in [0.5, 0.6) is 0 Å². The first-order chi connectivity index (χ1) is 7.34. The highest BCUT2D eigenvalue weighted by Gasteiger charge is 2.29. The summed E-state index contributed by atoms with van der Waals surface area (Å²) in [6.07, 6.45) is -0.0637. The lowest BCUT2D eigenvalue weighted by Gasteiger charge is -2.26. The van der Waals surface area contributed by atoms with Crippen molar-refractivity contribution in [2.45, 2.75) is 26.1 Å². The third-order valence-corrected chi connectivity index (χ3v) is 2.54. The van der Waals surface area contributed by atoms with Crippen molar-refractivity contribution in [3.05, 3.63) is 35.4 Å². The maximum Gasteiger partial charge on any atom is 0.307 e. The van der Waals surface area contributed by atoms with E-state index >= 15 is 0 Å². The predicted molar refractivity (Wildman–Crippen MR) is 58.7 cm³/mol. The molecule has 0 saturated heterocycles. The molecule has 0 aliphatic carbocycles. The van der Waals surface area contributed by atoms with Crippen LogP contribution in [0.3, 0.4) is 0 Å². The van der Waals surface area contributed by atoms with Crippen molar-refractivity contribution in [2.75, 3.05) is 0 Å². The van der Waals surface area contributed by atoms with Crippen molar-refractivity contribution in [3.63, 3.8) is 0 Å². The van der Waals surface area contributed by atoms with Crippen molar-refractivity contribution in [1.29, 1.82) is 0 Å². The Kier molecular flexibility index (Phi) is 3.67. The van der Waals surface area contributed by atoms with Gasteiger partial charge in [0.25, 0.3) is 0 Å². The number of carbonyl (C=O) groups is 1. The molecule has 1 aromatic rings. The van der Waals surface area contributed by atoms with Gasteiger partial charge in [-0.3, -0.25) is 4.79 Å². The van der Waals surface area contributed by atoms with Gasteiger partial charge in [-0.05, 0) is 5.56 Å². The molecule has 0 saturated carbocycles. The highest BCUT2D eigenvalue weighted by Crippen LogP contribution is 2.26. The summed E-state index contributed by atoms with van der Waals surface area (Å²) in [5.41, 5.74) is 1.01. The Morgan fingerprint density at radius 3 is 2.12 bits per heavy atom. The van der Waals surface area contributed by atoms with E-state index in [1.54, 1.807) is 26.0 Å². The third-order valence-electron chi connectivity index (χ3n) is 2.54. The largest absolute Gasteiger partial charge is 0.481 e. The first kappa shape index (κ1) is 12.7. The van der Waals surface area contributed by atoms with Gasteiger partial charge in [0, 0.05) is 11.5 Å². The molecule has 4 heteroatoms. The number of benzene rings is 1. The van der Waals surface area contributed by atoms with Gasteiger partial charge >= 0.3 is 5.97 Å². The fraction of sp³-hybridized carbons (Fsp3) is 0.417. The molecule has 0 heterocycles. The van der Waals surface area contributed by atoms with Crippen LogP contribution in [0.15, 0.2) is 24.3 Å². The van der Waals surface area contributed by atoms with Crippen LogP contribution in [0.25, 0.3) is 0 Å². The quantitative estimate of drug-likeness (QED) is 0.669. The minimum absolute atomic E-state index is 0.0637. The zero-order valence-electron chi connectivity index (χ0n) is 9.34. The molecule has 0 atom stereocenters. The van der Waals surface area contributed by atoms with Crippen molar-refractivity contribution < 1.29 is 20.1 Å². The molecule has 0 fully saturated rings. The molecule has 0 amide bonds. The van der Waals surface area contributed by atoms with E-state index in [-0.39, 0.29) is 12.3 Å². The normalized spacial score (nSPS) is 11.8. The van der Waals surface area contributed by atoms with Crippen LogP contribution < -0.4 is 0 Å². The van der Waals surface area contributed by atoms with Gasteiger partial charge in [0.15, 0.2) is 5.79 Å². The number of carboxylic acid groups (broad SMARTS) is 1. The van der Waals surface area contributed by atoms with Crippen LogP contribution in [0.4, 0.5) is 0 Å². The molecule has 0 aliphatic rings. The van der Waals surface area contributed by atoms with E-state index in [1.807, 2.05) is 0 Å². The number of carboxylic acids is 1. The van der Waals surface area contributed by atoms with Gasteiger partial charge < -0.3 is 15.3 Å². The maximum absolute atomic E-state index is 10.5. The minimum atomic E-state index is -1.87. The van der Waals surface area contributed by atoms with E-state index < -0.39 is 11.8 Å². The molecule has 1 aromatic carbocycles. The highest BCUT2D eigenvalue weighted by molar-refractivity contribution is 5.70. The van der Waals surface area contributed by atoms with Gasteiger partial charge in [-0.2, -0.15) is 0 Å². The number of rotatable bonds is 4. The van der Waals surface area contributed by atoms with Crippen LogP contribution in [-0.2, 0) is 17.0 Å². The fourth-order valence-corrected chi connectivity index (χ4v) is 1.38. The second-order valence-corrected chi connectivity index (χ2v) is 4.15. The number of aliphatic carboxylic acids is 1. The molecular formula is C12H16O4. The Morgan fingerprint density at radius 2 is 1.75 bits per heavy atom. The molecule has 0 spiro atoms. The SMILES string of the molecule is CC(C)C(O)(O)c1ccc(CC(=O)O)cc1. The molecule has 1 rings (SSSR count). The summed E-state index contributed by atoms with van der Waals surface area (Å²) in [7, 11) is 0. The Bertz CT molecular complexity index is 365. The average molecular weight is 224 g/mol. The van der Waals surface area contributed by atoms with Crippen molar-refractivity contribution in [2.24, 2.45) is 5.92 Å². The minimum Gasteiger partial charge on any atom is -0.481 e. The lowest BCUT2D eigenvalue weighted by atomic mass is 9.94. The smallest absolute Gasteiger partial charge is 0.307 e. The summed E-state index contributed by atoms with van der Waals surface area (Å²) >= 11 is 0. The summed E-state index contributed by atoms with van der Waals surface area (Å²) in [4.78, 5) is 10.5. The van der Waals surface area contributed by atoms with E-state index in [0.29, 0.717) is 11.1 Å². The molecule has 88 valence electrons. The number of hydrogen-bond acceptors (Lipinski definition) is 3. The monoisotopic (exact) mass is 224 g/mol. The average Bonchev–Trinajstić information content (AvgIpc) is 2.17. The Balaban J connectivity index is 2.90. The fourth-order valence-electron chi connectivity index (χ4n) is 1.38. The molecule has 0 aliphatic heterocycles. The zero-order valence-corrected chi connectivity index (χ0v) is 9.34. The summed E-state index contributed by atoms with van der Waals surface area (Å²) < 4.78 is 0. The molecule has 3 N–H and O–H groups in total. The van der Waals surface area contributed by atoms with E-state index in [0.717, 1.165) is 0 Å². The van der Waals surface area contributed by atoms with E-state index in [9.17, 15) is 15.0 Å². The summed E-state index contributed by atoms with van der Waals surface area (Å²) in [5.74, 6) is -3.12. The van der Waals surface area contributed by atoms with Gasteiger partial charge in [-0.15, -0.1) is 0 Å². The Morgan fingerprint density at radius 1 is 1.25 bits per heavy atom. The second kappa shape index (κ2) is 4.63. The van der Waals surface area contributed by atoms with Gasteiger partial charge in [0.1, 0.15) is 0 Å². The predicted octanol–water partition coefficient (Wildman–Crippen LogP) is 1.11. The summed E-state index contributed by atoms with van der Waals surface area (Å²) in [6.45, 7) is 3.40. The van der Waals surface area contributed by atoms with Crippen LogP contribution in [-0.4, -0.2) is 21.3 Å². The zero-order chi connectivity index (χ0) is 12.3. The van der Waals surface area contributed by atoms with E-state index in [4.69, 9.17) is 5.11 Å². The molecule has 0 aromatic heterocycles. The van der Waals surface area contributed by atoms with E-state index in [2.05, 4.69) is 0 Å². The molecular weight excluding hydrogens is 208 g/mol. The van der Waals surface area contributed by atoms with Gasteiger partial charge in [-0.1, -0.05) is 38.1 Å². The van der Waals surface area contributed by atoms with Crippen LogP contribution in [0, 0.1) is 5.92 Å². The van der Waals surface area contributed by atoms with Gasteiger partial charge in [0.2, 0.25) is 0 Å². The van der Waals surface area contributed by atoms with Gasteiger partial charge in [-0.25, -0.2) is 0 Å². The first-order valence-electron chi connectivity index (χ1n) is 5.10. The summed E-state index contributed by atoms with van der Waals surface area (Å²) in [6, 6.07) is 6.26. The second-order valence-electron chi connectivity index (χ2n) is 4.15. The molecule has 4 nitrogen and oxygen atoms in total. The first-order valence-corrected chi connectivity index (χ1v) is 5.10. The van der Waals surface area contributed by atoms with Gasteiger partial charge in [0.05, 0.1) is 6.42 Å². The maximum atomic E-state index is 10.5. The lowest BCUT2D eigenvalue weighted by molar-refractivity contribution is -0.201. The molecule has 0 unspecified atom stereocenters. The Hall–Kier alpha value is -1.39. The third kappa shape index (κ3) is 2.81. The Labute approximate surface area is 94.2 Å². The summed E-state index contributed by atoms with van der Waals surface area (Å²) in [5, 5.41) is 28.1. The van der Waals surface area contributed by atoms with Crippen molar-refractivity contribution in [1.82, 2.24) is 0 Å². The molecule has 16 heavy (non-hydrogen) atoms. The standard InChI is InChI=1S/C12H16O4/c1-8(2)12(15,16)10-5-3-9(4-6-10)7-11(13)14/h3-6,8,15-16H,7H2,1-2H3,(H,13,14). The van der Waals surface area contributed by atoms with Crippen LogP contribution in [0.2, 0.25) is 0 Å². The number of aliphatic hydroxyl groups is 2. The topological polar surface area (TPSA) is 77.8 Å².